The fraction of sp³-hybridized carbons (Fsp3) is 0.385. The third-order valence-electron chi connectivity index (χ3n) is 2.73. The summed E-state index contributed by atoms with van der Waals surface area (Å²) in [6.07, 6.45) is 5.41. The molecule has 0 aliphatic heterocycles. The number of nitrogens with two attached hydrogens (primary N) is 1. The molecule has 1 atom stereocenters. The minimum absolute atomic E-state index is 0.140. The molecular weight excluding hydrogens is 228 g/mol. The van der Waals surface area contributed by atoms with E-state index in [4.69, 9.17) is 10.5 Å². The number of rotatable bonds is 5. The van der Waals surface area contributed by atoms with Crippen LogP contribution in [0.15, 0.2) is 30.9 Å². The van der Waals surface area contributed by atoms with Crippen LogP contribution in [0, 0.1) is 0 Å². The van der Waals surface area contributed by atoms with Crippen molar-refractivity contribution < 1.29 is 4.74 Å². The van der Waals surface area contributed by atoms with Crippen molar-refractivity contribution in [1.82, 2.24) is 14.5 Å². The summed E-state index contributed by atoms with van der Waals surface area (Å²) in [5.41, 5.74) is 7.75. The van der Waals surface area contributed by atoms with Crippen molar-refractivity contribution in [2.45, 2.75) is 26.5 Å². The molecule has 2 rings (SSSR count). The molecule has 0 aliphatic carbocycles. The molecule has 0 amide bonds. The van der Waals surface area contributed by atoms with Crippen molar-refractivity contribution in [1.29, 1.82) is 0 Å². The fourth-order valence-corrected chi connectivity index (χ4v) is 1.94. The normalized spacial score (nSPS) is 12.6. The van der Waals surface area contributed by atoms with Gasteiger partial charge in [0, 0.05) is 18.4 Å². The van der Waals surface area contributed by atoms with E-state index in [2.05, 4.69) is 9.97 Å². The average molecular weight is 246 g/mol. The van der Waals surface area contributed by atoms with Crippen LogP contribution in [0.1, 0.15) is 13.8 Å². The van der Waals surface area contributed by atoms with Gasteiger partial charge in [0.25, 0.3) is 0 Å². The van der Waals surface area contributed by atoms with Gasteiger partial charge in [-0.3, -0.25) is 0 Å². The van der Waals surface area contributed by atoms with Gasteiger partial charge in [-0.15, -0.1) is 0 Å². The summed E-state index contributed by atoms with van der Waals surface area (Å²) in [6, 6.07) is 3.82. The summed E-state index contributed by atoms with van der Waals surface area (Å²) in [4.78, 5) is 8.27. The highest BCUT2D eigenvalue weighted by Gasteiger charge is 2.11. The van der Waals surface area contributed by atoms with Gasteiger partial charge < -0.3 is 15.0 Å². The molecule has 2 aromatic heterocycles. The van der Waals surface area contributed by atoms with Crippen LogP contribution in [0.5, 0.6) is 0 Å². The van der Waals surface area contributed by atoms with E-state index in [1.807, 2.05) is 30.5 Å². The third kappa shape index (κ3) is 2.68. The number of nitrogen functional groups attached to an aromatic ring is 1. The number of hydrogen-bond donors (Lipinski definition) is 1. The van der Waals surface area contributed by atoms with Crippen LogP contribution < -0.4 is 5.73 Å². The second kappa shape index (κ2) is 5.64. The Balaban J connectivity index is 2.25. The highest BCUT2D eigenvalue weighted by atomic mass is 16.5. The lowest BCUT2D eigenvalue weighted by Crippen LogP contribution is -2.16. The summed E-state index contributed by atoms with van der Waals surface area (Å²) in [6.45, 7) is 5.49. The molecule has 0 radical (unpaired) electrons. The number of imidazole rings is 1. The van der Waals surface area contributed by atoms with Gasteiger partial charge in [0.1, 0.15) is 5.82 Å². The number of pyridine rings is 1. The SMILES string of the molecule is CCOC(C)Cn1cncc1-c1cccnc1N. The van der Waals surface area contributed by atoms with Gasteiger partial charge in [-0.25, -0.2) is 9.97 Å². The maximum Gasteiger partial charge on any atom is 0.132 e. The first-order valence-corrected chi connectivity index (χ1v) is 6.05. The predicted molar refractivity (Wildman–Crippen MR) is 71.0 cm³/mol. The standard InChI is InChI=1S/C13H18N4O/c1-3-18-10(2)8-17-9-15-7-12(17)11-5-4-6-16-13(11)14/h4-7,9-10H,3,8H2,1-2H3,(H2,14,16). The van der Waals surface area contributed by atoms with Crippen LogP contribution in [0.25, 0.3) is 11.3 Å². The van der Waals surface area contributed by atoms with Crippen molar-refractivity contribution in [3.05, 3.63) is 30.9 Å². The molecule has 5 nitrogen and oxygen atoms in total. The van der Waals surface area contributed by atoms with Crippen molar-refractivity contribution in [2.75, 3.05) is 12.3 Å². The van der Waals surface area contributed by atoms with Gasteiger partial charge in [0.05, 0.1) is 30.9 Å². The number of hydrogen-bond acceptors (Lipinski definition) is 4. The van der Waals surface area contributed by atoms with Crippen molar-refractivity contribution >= 4 is 5.82 Å². The number of aromatic nitrogens is 3. The molecule has 0 bridgehead atoms. The van der Waals surface area contributed by atoms with Crippen LogP contribution in [-0.4, -0.2) is 27.2 Å². The molecule has 0 spiro atoms. The van der Waals surface area contributed by atoms with E-state index >= 15 is 0 Å². The molecule has 18 heavy (non-hydrogen) atoms. The second-order valence-electron chi connectivity index (χ2n) is 4.13. The van der Waals surface area contributed by atoms with E-state index in [-0.39, 0.29) is 6.10 Å². The van der Waals surface area contributed by atoms with Crippen LogP contribution >= 0.6 is 0 Å². The molecule has 5 heteroatoms. The van der Waals surface area contributed by atoms with Gasteiger partial charge in [-0.05, 0) is 26.0 Å². The molecule has 1 unspecified atom stereocenters. The van der Waals surface area contributed by atoms with E-state index in [1.165, 1.54) is 0 Å². The minimum Gasteiger partial charge on any atom is -0.383 e. The average Bonchev–Trinajstić information content (AvgIpc) is 2.78. The Morgan fingerprint density at radius 2 is 2.33 bits per heavy atom. The Hall–Kier alpha value is -1.88. The van der Waals surface area contributed by atoms with E-state index < -0.39 is 0 Å². The second-order valence-corrected chi connectivity index (χ2v) is 4.13. The summed E-state index contributed by atoms with van der Waals surface area (Å²) < 4.78 is 7.58. The first-order chi connectivity index (χ1) is 8.72. The molecule has 0 aromatic carbocycles. The number of nitrogens with zero attached hydrogens (tertiary/aromatic N) is 3. The summed E-state index contributed by atoms with van der Waals surface area (Å²) in [5.74, 6) is 0.517. The highest BCUT2D eigenvalue weighted by Crippen LogP contribution is 2.23. The Morgan fingerprint density at radius 3 is 3.06 bits per heavy atom. The maximum atomic E-state index is 5.89. The Bertz CT molecular complexity index is 509. The quantitative estimate of drug-likeness (QED) is 0.875. The zero-order valence-electron chi connectivity index (χ0n) is 10.7. The molecule has 0 aliphatic rings. The van der Waals surface area contributed by atoms with Gasteiger partial charge in [0.2, 0.25) is 0 Å². The minimum atomic E-state index is 0.140. The smallest absolute Gasteiger partial charge is 0.132 e. The monoisotopic (exact) mass is 246 g/mol. The Morgan fingerprint density at radius 1 is 1.50 bits per heavy atom. The summed E-state index contributed by atoms with van der Waals surface area (Å²) in [7, 11) is 0. The van der Waals surface area contributed by atoms with E-state index in [9.17, 15) is 0 Å². The topological polar surface area (TPSA) is 66.0 Å². The molecular formula is C13H18N4O. The third-order valence-corrected chi connectivity index (χ3v) is 2.73. The van der Waals surface area contributed by atoms with Gasteiger partial charge in [0.15, 0.2) is 0 Å². The molecule has 2 N–H and O–H groups in total. The van der Waals surface area contributed by atoms with Gasteiger partial charge >= 0.3 is 0 Å². The molecule has 2 aromatic rings. The Kier molecular flexibility index (Phi) is 3.94. The molecule has 2 heterocycles. The fourth-order valence-electron chi connectivity index (χ4n) is 1.94. The largest absolute Gasteiger partial charge is 0.383 e. The molecule has 0 saturated heterocycles. The van der Waals surface area contributed by atoms with Crippen molar-refractivity contribution in [3.63, 3.8) is 0 Å². The lowest BCUT2D eigenvalue weighted by atomic mass is 10.2. The van der Waals surface area contributed by atoms with Crippen LogP contribution in [0.2, 0.25) is 0 Å². The number of anilines is 1. The molecule has 0 saturated carbocycles. The number of ether oxygens (including phenoxy) is 1. The van der Waals surface area contributed by atoms with Crippen molar-refractivity contribution in [3.8, 4) is 11.3 Å². The summed E-state index contributed by atoms with van der Waals surface area (Å²) in [5, 5.41) is 0. The van der Waals surface area contributed by atoms with Crippen molar-refractivity contribution in [2.24, 2.45) is 0 Å². The van der Waals surface area contributed by atoms with Crippen LogP contribution in [-0.2, 0) is 11.3 Å². The maximum absolute atomic E-state index is 5.89. The Labute approximate surface area is 107 Å². The predicted octanol–water partition coefficient (Wildman–Crippen LogP) is 1.95. The highest BCUT2D eigenvalue weighted by molar-refractivity contribution is 5.70. The first kappa shape index (κ1) is 12.6. The van der Waals surface area contributed by atoms with E-state index in [1.54, 1.807) is 18.7 Å². The first-order valence-electron chi connectivity index (χ1n) is 6.05. The molecule has 0 fully saturated rings. The zero-order chi connectivity index (χ0) is 13.0. The van der Waals surface area contributed by atoms with Crippen LogP contribution in [0.3, 0.4) is 0 Å². The van der Waals surface area contributed by atoms with Gasteiger partial charge in [-0.1, -0.05) is 0 Å². The van der Waals surface area contributed by atoms with E-state index in [0.717, 1.165) is 17.8 Å². The summed E-state index contributed by atoms with van der Waals surface area (Å²) >= 11 is 0. The lowest BCUT2D eigenvalue weighted by molar-refractivity contribution is 0.0643. The van der Waals surface area contributed by atoms with Crippen LogP contribution in [0.4, 0.5) is 5.82 Å². The van der Waals surface area contributed by atoms with E-state index in [0.29, 0.717) is 12.4 Å². The lowest BCUT2D eigenvalue weighted by Gasteiger charge is -2.15. The van der Waals surface area contributed by atoms with Gasteiger partial charge in [-0.2, -0.15) is 0 Å². The molecule has 96 valence electrons. The zero-order valence-corrected chi connectivity index (χ0v) is 10.7.